The lowest BCUT2D eigenvalue weighted by atomic mass is 10.2. The third-order valence-electron chi connectivity index (χ3n) is 2.95. The van der Waals surface area contributed by atoms with Crippen LogP contribution in [0.5, 0.6) is 0 Å². The Bertz CT molecular complexity index is 510. The lowest BCUT2D eigenvalue weighted by molar-refractivity contribution is -0.141. The Kier molecular flexibility index (Phi) is 5.76. The summed E-state index contributed by atoms with van der Waals surface area (Å²) in [6.45, 7) is 4.12. The maximum absolute atomic E-state index is 12.9. The van der Waals surface area contributed by atoms with Crippen molar-refractivity contribution >= 4 is 11.8 Å². The summed E-state index contributed by atoms with van der Waals surface area (Å²) in [4.78, 5) is 9.11. The number of rotatable bonds is 6. The summed E-state index contributed by atoms with van der Waals surface area (Å²) in [7, 11) is 1.61. The summed E-state index contributed by atoms with van der Waals surface area (Å²) in [5.41, 5.74) is -0.998. The van der Waals surface area contributed by atoms with Crippen LogP contribution in [0.25, 0.3) is 0 Å². The Morgan fingerprint density at radius 1 is 1.43 bits per heavy atom. The number of nitrogens with zero attached hydrogens (tertiary/aromatic N) is 4. The highest BCUT2D eigenvalue weighted by molar-refractivity contribution is 5.45. The minimum Gasteiger partial charge on any atom is -0.356 e. The molecule has 1 heterocycles. The predicted octanol–water partition coefficient (Wildman–Crippen LogP) is 3.06. The molecule has 0 spiro atoms. The number of alkyl halides is 3. The molecule has 0 saturated heterocycles. The zero-order valence-corrected chi connectivity index (χ0v) is 12.2. The summed E-state index contributed by atoms with van der Waals surface area (Å²) < 4.78 is 38.7. The van der Waals surface area contributed by atoms with Crippen LogP contribution in [0.2, 0.25) is 0 Å². The number of nitrogens with one attached hydrogen (secondary N) is 1. The average molecular weight is 301 g/mol. The quantitative estimate of drug-likeness (QED) is 0.875. The van der Waals surface area contributed by atoms with E-state index in [9.17, 15) is 13.2 Å². The molecule has 5 nitrogen and oxygen atoms in total. The second kappa shape index (κ2) is 7.11. The topological polar surface area (TPSA) is 64.8 Å². The Labute approximate surface area is 121 Å². The molecule has 0 saturated carbocycles. The first-order valence-electron chi connectivity index (χ1n) is 6.59. The minimum absolute atomic E-state index is 0.0577. The fourth-order valence-electron chi connectivity index (χ4n) is 1.57. The molecule has 1 aromatic rings. The Morgan fingerprint density at radius 3 is 2.62 bits per heavy atom. The third-order valence-corrected chi connectivity index (χ3v) is 2.95. The van der Waals surface area contributed by atoms with Crippen molar-refractivity contribution in [1.82, 2.24) is 9.97 Å². The van der Waals surface area contributed by atoms with Crippen molar-refractivity contribution in [2.24, 2.45) is 0 Å². The number of halogens is 3. The Hall–Kier alpha value is -2.04. The minimum atomic E-state index is -4.54. The van der Waals surface area contributed by atoms with Crippen molar-refractivity contribution in [3.63, 3.8) is 0 Å². The standard InChI is InChI=1S/C13H18F3N5/c1-4-7-18-12-19-10(13(14,15)16)8-11(20-12)21(3)9(2)5-6-17/h8-9H,4-5,7H2,1-3H3,(H,18,19,20). The Balaban J connectivity index is 3.15. The summed E-state index contributed by atoms with van der Waals surface area (Å²) in [6.07, 6.45) is -3.60. The number of nitriles is 1. The van der Waals surface area contributed by atoms with Gasteiger partial charge in [-0.15, -0.1) is 0 Å². The highest BCUT2D eigenvalue weighted by atomic mass is 19.4. The highest BCUT2D eigenvalue weighted by Gasteiger charge is 2.34. The lowest BCUT2D eigenvalue weighted by Crippen LogP contribution is -2.30. The summed E-state index contributed by atoms with van der Waals surface area (Å²) in [6, 6.07) is 2.64. The van der Waals surface area contributed by atoms with Crippen molar-refractivity contribution < 1.29 is 13.2 Å². The van der Waals surface area contributed by atoms with Crippen LogP contribution in [0, 0.1) is 11.3 Å². The molecule has 1 N–H and O–H groups in total. The van der Waals surface area contributed by atoms with Gasteiger partial charge in [0.15, 0.2) is 5.69 Å². The predicted molar refractivity (Wildman–Crippen MR) is 73.9 cm³/mol. The fraction of sp³-hybridized carbons (Fsp3) is 0.615. The molecule has 1 atom stereocenters. The largest absolute Gasteiger partial charge is 0.433 e. The van der Waals surface area contributed by atoms with Gasteiger partial charge >= 0.3 is 6.18 Å². The second-order valence-electron chi connectivity index (χ2n) is 4.68. The van der Waals surface area contributed by atoms with Crippen LogP contribution in [0.15, 0.2) is 6.07 Å². The molecule has 1 aromatic heterocycles. The third kappa shape index (κ3) is 4.77. The molecule has 1 unspecified atom stereocenters. The number of hydrogen-bond acceptors (Lipinski definition) is 5. The van der Waals surface area contributed by atoms with E-state index in [1.165, 1.54) is 4.90 Å². The normalized spacial score (nSPS) is 12.6. The summed E-state index contributed by atoms with van der Waals surface area (Å²) in [5, 5.41) is 11.4. The van der Waals surface area contributed by atoms with E-state index in [0.717, 1.165) is 12.5 Å². The van der Waals surface area contributed by atoms with Gasteiger partial charge in [0.1, 0.15) is 5.82 Å². The van der Waals surface area contributed by atoms with Gasteiger partial charge in [-0.3, -0.25) is 0 Å². The maximum Gasteiger partial charge on any atom is 0.433 e. The van der Waals surface area contributed by atoms with Gasteiger partial charge in [0.05, 0.1) is 12.5 Å². The maximum atomic E-state index is 12.9. The van der Waals surface area contributed by atoms with Gasteiger partial charge in [0.25, 0.3) is 0 Å². The SMILES string of the molecule is CCCNc1nc(N(C)C(C)CC#N)cc(C(F)(F)F)n1. The first-order valence-corrected chi connectivity index (χ1v) is 6.59. The number of anilines is 2. The van der Waals surface area contributed by atoms with Crippen molar-refractivity contribution in [1.29, 1.82) is 5.26 Å². The molecular formula is C13H18F3N5. The molecule has 0 aromatic carbocycles. The van der Waals surface area contributed by atoms with Crippen molar-refractivity contribution in [3.8, 4) is 6.07 Å². The number of hydrogen-bond donors (Lipinski definition) is 1. The monoisotopic (exact) mass is 301 g/mol. The van der Waals surface area contributed by atoms with Crippen LogP contribution in [-0.4, -0.2) is 29.6 Å². The molecule has 0 aliphatic carbocycles. The van der Waals surface area contributed by atoms with Crippen molar-refractivity contribution in [3.05, 3.63) is 11.8 Å². The van der Waals surface area contributed by atoms with Crippen LogP contribution >= 0.6 is 0 Å². The molecule has 8 heteroatoms. The molecule has 0 bridgehead atoms. The molecular weight excluding hydrogens is 283 g/mol. The number of aromatic nitrogens is 2. The van der Waals surface area contributed by atoms with E-state index >= 15 is 0 Å². The van der Waals surface area contributed by atoms with Gasteiger partial charge in [0, 0.05) is 25.7 Å². The van der Waals surface area contributed by atoms with Gasteiger partial charge in [-0.05, 0) is 13.3 Å². The molecule has 116 valence electrons. The molecule has 0 aliphatic heterocycles. The van der Waals surface area contributed by atoms with Crippen LogP contribution in [0.3, 0.4) is 0 Å². The lowest BCUT2D eigenvalue weighted by Gasteiger charge is -2.25. The smallest absolute Gasteiger partial charge is 0.356 e. The van der Waals surface area contributed by atoms with E-state index in [1.54, 1.807) is 14.0 Å². The van der Waals surface area contributed by atoms with E-state index in [4.69, 9.17) is 5.26 Å². The summed E-state index contributed by atoms with van der Waals surface area (Å²) in [5.74, 6) is 0.0800. The summed E-state index contributed by atoms with van der Waals surface area (Å²) >= 11 is 0. The van der Waals surface area contributed by atoms with Crippen LogP contribution in [0.1, 0.15) is 32.4 Å². The van der Waals surface area contributed by atoms with Gasteiger partial charge in [0.2, 0.25) is 5.95 Å². The van der Waals surface area contributed by atoms with Gasteiger partial charge in [-0.2, -0.15) is 23.4 Å². The molecule has 0 fully saturated rings. The van der Waals surface area contributed by atoms with Crippen molar-refractivity contribution in [2.45, 2.75) is 38.9 Å². The van der Waals surface area contributed by atoms with Gasteiger partial charge in [-0.1, -0.05) is 6.92 Å². The first-order chi connectivity index (χ1) is 9.79. The van der Waals surface area contributed by atoms with Crippen LogP contribution in [0.4, 0.5) is 24.9 Å². The molecule has 0 radical (unpaired) electrons. The van der Waals surface area contributed by atoms with Gasteiger partial charge in [-0.25, -0.2) is 4.98 Å². The average Bonchev–Trinajstić information content (AvgIpc) is 2.43. The zero-order valence-electron chi connectivity index (χ0n) is 12.2. The second-order valence-corrected chi connectivity index (χ2v) is 4.68. The van der Waals surface area contributed by atoms with E-state index in [0.29, 0.717) is 6.54 Å². The van der Waals surface area contributed by atoms with Gasteiger partial charge < -0.3 is 10.2 Å². The van der Waals surface area contributed by atoms with Crippen LogP contribution < -0.4 is 10.2 Å². The molecule has 0 amide bonds. The van der Waals surface area contributed by atoms with Crippen LogP contribution in [-0.2, 0) is 6.18 Å². The van der Waals surface area contributed by atoms with Crippen molar-refractivity contribution in [2.75, 3.05) is 23.8 Å². The zero-order chi connectivity index (χ0) is 16.0. The molecule has 21 heavy (non-hydrogen) atoms. The van der Waals surface area contributed by atoms with E-state index < -0.39 is 11.9 Å². The fourth-order valence-corrected chi connectivity index (χ4v) is 1.57. The Morgan fingerprint density at radius 2 is 2.10 bits per heavy atom. The van der Waals surface area contributed by atoms with E-state index in [-0.39, 0.29) is 24.2 Å². The highest BCUT2D eigenvalue weighted by Crippen LogP contribution is 2.30. The van der Waals surface area contributed by atoms with E-state index in [1.807, 2.05) is 13.0 Å². The first kappa shape index (κ1) is 17.0. The van der Waals surface area contributed by atoms with E-state index in [2.05, 4.69) is 15.3 Å². The molecule has 1 rings (SSSR count). The molecule has 0 aliphatic rings.